The molecule has 3 nitrogen and oxygen atoms in total. The van der Waals surface area contributed by atoms with Crippen molar-refractivity contribution in [3.63, 3.8) is 0 Å². The van der Waals surface area contributed by atoms with Crippen LogP contribution in [0, 0.1) is 11.8 Å². The lowest BCUT2D eigenvalue weighted by atomic mass is 9.80. The van der Waals surface area contributed by atoms with E-state index in [2.05, 4.69) is 34.8 Å². The van der Waals surface area contributed by atoms with Gasteiger partial charge in [-0.2, -0.15) is 0 Å². The van der Waals surface area contributed by atoms with Gasteiger partial charge in [0, 0.05) is 6.42 Å². The van der Waals surface area contributed by atoms with E-state index >= 15 is 0 Å². The van der Waals surface area contributed by atoms with Gasteiger partial charge < -0.3 is 10.1 Å². The van der Waals surface area contributed by atoms with Gasteiger partial charge in [-0.05, 0) is 51.0 Å². The normalized spacial score (nSPS) is 27.4. The van der Waals surface area contributed by atoms with Crippen molar-refractivity contribution >= 4 is 28.6 Å². The zero-order chi connectivity index (χ0) is 12.0. The summed E-state index contributed by atoms with van der Waals surface area (Å²) < 4.78 is 5.25. The summed E-state index contributed by atoms with van der Waals surface area (Å²) in [6.07, 6.45) is 5.46. The van der Waals surface area contributed by atoms with Crippen LogP contribution in [0.1, 0.15) is 39.0 Å². The zero-order valence-electron chi connectivity index (χ0n) is 10.2. The Hall–Kier alpha value is 0.160. The smallest absolute Gasteiger partial charge is 0.305 e. The van der Waals surface area contributed by atoms with Crippen LogP contribution < -0.4 is 5.32 Å². The first kappa shape index (κ1) is 14.2. The molecular weight excluding hydrogens is 317 g/mol. The molecule has 1 saturated carbocycles. The Balaban J connectivity index is 2.16. The molecule has 0 radical (unpaired) electrons. The van der Waals surface area contributed by atoms with Gasteiger partial charge in [0.1, 0.15) is 0 Å². The molecule has 0 aliphatic heterocycles. The van der Waals surface area contributed by atoms with Crippen LogP contribution in [0.15, 0.2) is 0 Å². The topological polar surface area (TPSA) is 38.3 Å². The highest BCUT2D eigenvalue weighted by molar-refractivity contribution is 14.1. The van der Waals surface area contributed by atoms with Crippen molar-refractivity contribution < 1.29 is 9.53 Å². The molecule has 16 heavy (non-hydrogen) atoms. The van der Waals surface area contributed by atoms with Crippen molar-refractivity contribution in [2.45, 2.75) is 43.1 Å². The summed E-state index contributed by atoms with van der Waals surface area (Å²) in [5.41, 5.74) is 0. The standard InChI is InChI=1S/C12H22INO2/c1-9(13)14-8-11-5-3-10(4-6-11)7-12(15)16-2/h9-11,14H,3-8H2,1-2H3/t9?,10-,11-. The monoisotopic (exact) mass is 339 g/mol. The summed E-state index contributed by atoms with van der Waals surface area (Å²) in [6, 6.07) is 0. The second kappa shape index (κ2) is 7.48. The predicted molar refractivity (Wildman–Crippen MR) is 73.6 cm³/mol. The Morgan fingerprint density at radius 3 is 2.44 bits per heavy atom. The van der Waals surface area contributed by atoms with Gasteiger partial charge in [-0.1, -0.05) is 22.6 Å². The largest absolute Gasteiger partial charge is 0.469 e. The lowest BCUT2D eigenvalue weighted by Crippen LogP contribution is -2.30. The molecule has 1 aliphatic rings. The first-order chi connectivity index (χ1) is 7.61. The highest BCUT2D eigenvalue weighted by Crippen LogP contribution is 2.30. The van der Waals surface area contributed by atoms with E-state index in [1.807, 2.05) is 0 Å². The number of carbonyl (C=O) groups excluding carboxylic acids is 1. The van der Waals surface area contributed by atoms with Crippen LogP contribution in [-0.4, -0.2) is 23.7 Å². The molecule has 1 fully saturated rings. The number of rotatable bonds is 5. The molecule has 0 saturated heterocycles. The van der Waals surface area contributed by atoms with Gasteiger partial charge in [-0.25, -0.2) is 0 Å². The van der Waals surface area contributed by atoms with E-state index in [1.165, 1.54) is 32.8 Å². The van der Waals surface area contributed by atoms with Crippen LogP contribution in [0.2, 0.25) is 0 Å². The molecule has 0 bridgehead atoms. The van der Waals surface area contributed by atoms with Crippen molar-refractivity contribution in [3.8, 4) is 0 Å². The molecular formula is C12H22INO2. The quantitative estimate of drug-likeness (QED) is 0.362. The molecule has 0 heterocycles. The second-order valence-electron chi connectivity index (χ2n) is 4.69. The van der Waals surface area contributed by atoms with E-state index in [1.54, 1.807) is 0 Å². The first-order valence-corrected chi connectivity index (χ1v) is 7.30. The first-order valence-electron chi connectivity index (χ1n) is 6.06. The van der Waals surface area contributed by atoms with Crippen molar-refractivity contribution in [3.05, 3.63) is 0 Å². The van der Waals surface area contributed by atoms with E-state index in [0.29, 0.717) is 16.4 Å². The van der Waals surface area contributed by atoms with Gasteiger partial charge >= 0.3 is 5.97 Å². The number of methoxy groups -OCH3 is 1. The minimum Gasteiger partial charge on any atom is -0.469 e. The molecule has 1 aliphatic carbocycles. The Bertz CT molecular complexity index is 213. The lowest BCUT2D eigenvalue weighted by Gasteiger charge is -2.28. The third-order valence-corrected chi connectivity index (χ3v) is 3.78. The fourth-order valence-electron chi connectivity index (χ4n) is 2.29. The summed E-state index contributed by atoms with van der Waals surface area (Å²) in [6.45, 7) is 3.29. The average molecular weight is 339 g/mol. The van der Waals surface area contributed by atoms with Crippen molar-refractivity contribution in [1.29, 1.82) is 0 Å². The zero-order valence-corrected chi connectivity index (χ0v) is 12.3. The molecule has 94 valence electrons. The molecule has 0 spiro atoms. The number of halogens is 1. The van der Waals surface area contributed by atoms with E-state index in [4.69, 9.17) is 4.74 Å². The second-order valence-corrected chi connectivity index (χ2v) is 6.56. The third-order valence-electron chi connectivity index (χ3n) is 3.34. The van der Waals surface area contributed by atoms with Gasteiger partial charge in [0.2, 0.25) is 0 Å². The van der Waals surface area contributed by atoms with Gasteiger partial charge in [-0.15, -0.1) is 0 Å². The number of hydrogen-bond donors (Lipinski definition) is 1. The minimum atomic E-state index is -0.0533. The van der Waals surface area contributed by atoms with Crippen LogP contribution in [0.25, 0.3) is 0 Å². The van der Waals surface area contributed by atoms with Gasteiger partial charge in [0.05, 0.1) is 11.2 Å². The van der Waals surface area contributed by atoms with E-state index in [-0.39, 0.29) is 5.97 Å². The number of ether oxygens (including phenoxy) is 1. The van der Waals surface area contributed by atoms with Crippen LogP contribution in [-0.2, 0) is 9.53 Å². The fraction of sp³-hybridized carbons (Fsp3) is 0.917. The molecule has 0 aromatic heterocycles. The fourth-order valence-corrected chi connectivity index (χ4v) is 2.54. The van der Waals surface area contributed by atoms with Crippen LogP contribution in [0.5, 0.6) is 0 Å². The predicted octanol–water partition coefficient (Wildman–Crippen LogP) is 2.73. The van der Waals surface area contributed by atoms with Crippen LogP contribution in [0.4, 0.5) is 0 Å². The number of carbonyl (C=O) groups is 1. The van der Waals surface area contributed by atoms with E-state index < -0.39 is 0 Å². The number of alkyl halides is 1. The van der Waals surface area contributed by atoms with Crippen molar-refractivity contribution in [1.82, 2.24) is 5.32 Å². The SMILES string of the molecule is COC(=O)C[C@H]1CC[C@H](CNC(C)I)CC1. The van der Waals surface area contributed by atoms with Crippen LogP contribution in [0.3, 0.4) is 0 Å². The van der Waals surface area contributed by atoms with Crippen LogP contribution >= 0.6 is 22.6 Å². The van der Waals surface area contributed by atoms with Gasteiger partial charge in [0.15, 0.2) is 0 Å². The summed E-state index contributed by atoms with van der Waals surface area (Å²) in [7, 11) is 1.47. The average Bonchev–Trinajstić information content (AvgIpc) is 2.28. The molecule has 1 unspecified atom stereocenters. The Morgan fingerprint density at radius 1 is 1.38 bits per heavy atom. The van der Waals surface area contributed by atoms with Gasteiger partial charge in [0.25, 0.3) is 0 Å². The number of hydrogen-bond acceptors (Lipinski definition) is 3. The summed E-state index contributed by atoms with van der Waals surface area (Å²) in [5, 5.41) is 3.48. The Labute approximate surface area is 112 Å². The third kappa shape index (κ3) is 5.48. The molecule has 0 amide bonds. The highest BCUT2D eigenvalue weighted by Gasteiger charge is 2.23. The molecule has 1 N–H and O–H groups in total. The molecule has 4 heteroatoms. The maximum absolute atomic E-state index is 11.1. The lowest BCUT2D eigenvalue weighted by molar-refractivity contribution is -0.142. The van der Waals surface area contributed by atoms with Crippen molar-refractivity contribution in [2.75, 3.05) is 13.7 Å². The van der Waals surface area contributed by atoms with Crippen molar-refractivity contribution in [2.24, 2.45) is 11.8 Å². The molecule has 0 aromatic rings. The molecule has 1 rings (SSSR count). The highest BCUT2D eigenvalue weighted by atomic mass is 127. The number of esters is 1. The van der Waals surface area contributed by atoms with Gasteiger partial charge in [-0.3, -0.25) is 4.79 Å². The molecule has 1 atom stereocenters. The summed E-state index contributed by atoms with van der Waals surface area (Å²) in [5.74, 6) is 1.30. The van der Waals surface area contributed by atoms with E-state index in [0.717, 1.165) is 12.5 Å². The maximum Gasteiger partial charge on any atom is 0.305 e. The molecule has 0 aromatic carbocycles. The Kier molecular flexibility index (Phi) is 6.65. The number of nitrogens with one attached hydrogen (secondary N) is 1. The minimum absolute atomic E-state index is 0.0533. The maximum atomic E-state index is 11.1. The summed E-state index contributed by atoms with van der Waals surface area (Å²) in [4.78, 5) is 11.1. The summed E-state index contributed by atoms with van der Waals surface area (Å²) >= 11 is 2.39. The van der Waals surface area contributed by atoms with E-state index in [9.17, 15) is 4.79 Å². The Morgan fingerprint density at radius 2 is 1.94 bits per heavy atom.